The van der Waals surface area contributed by atoms with Gasteiger partial charge in [-0.25, -0.2) is 0 Å². The van der Waals surface area contributed by atoms with Crippen molar-refractivity contribution in [3.05, 3.63) is 70.8 Å². The molecule has 0 N–H and O–H groups in total. The zero-order valence-corrected chi connectivity index (χ0v) is 17.6. The highest BCUT2D eigenvalue weighted by molar-refractivity contribution is 5.47. The van der Waals surface area contributed by atoms with Gasteiger partial charge in [-0.3, -0.25) is 0 Å². The highest BCUT2D eigenvalue weighted by Gasteiger charge is 2.51. The van der Waals surface area contributed by atoms with Gasteiger partial charge in [-0.05, 0) is 63.7 Å². The highest BCUT2D eigenvalue weighted by atomic mass is 16.5. The van der Waals surface area contributed by atoms with E-state index in [-0.39, 0.29) is 10.8 Å². The molecule has 2 aromatic carbocycles. The Labute approximate surface area is 165 Å². The summed E-state index contributed by atoms with van der Waals surface area (Å²) in [6, 6.07) is 17.9. The molecule has 0 aliphatic heterocycles. The van der Waals surface area contributed by atoms with Gasteiger partial charge in [0.2, 0.25) is 0 Å². The topological polar surface area (TPSA) is 9.23 Å². The molecule has 2 aromatic rings. The average Bonchev–Trinajstić information content (AvgIpc) is 3.31. The highest BCUT2D eigenvalue weighted by Crippen LogP contribution is 2.56. The Morgan fingerprint density at radius 3 is 2.22 bits per heavy atom. The van der Waals surface area contributed by atoms with Crippen LogP contribution in [0.4, 0.5) is 0 Å². The lowest BCUT2D eigenvalue weighted by molar-refractivity contribution is 0.106. The van der Waals surface area contributed by atoms with Crippen molar-refractivity contribution in [2.45, 2.75) is 76.7 Å². The standard InChI is InChI=1S/C26H34O/c1-24(2)13-14-25(3,4)23-15-20(11-12-22(23)24)26(5)16-21(26)18-27-17-19-9-7-6-8-10-19/h6-12,15,21H,13-14,16-18H2,1-5H3/t21-,26?/m1/s1. The molecule has 27 heavy (non-hydrogen) atoms. The minimum Gasteiger partial charge on any atom is -0.376 e. The first-order valence-corrected chi connectivity index (χ1v) is 10.5. The van der Waals surface area contributed by atoms with E-state index < -0.39 is 0 Å². The summed E-state index contributed by atoms with van der Waals surface area (Å²) in [5.41, 5.74) is 6.77. The first-order valence-electron chi connectivity index (χ1n) is 10.5. The molecular formula is C26H34O. The van der Waals surface area contributed by atoms with Gasteiger partial charge in [-0.2, -0.15) is 0 Å². The Hall–Kier alpha value is -1.60. The summed E-state index contributed by atoms with van der Waals surface area (Å²) in [6.07, 6.45) is 3.79. The summed E-state index contributed by atoms with van der Waals surface area (Å²) in [7, 11) is 0. The number of benzene rings is 2. The monoisotopic (exact) mass is 362 g/mol. The molecule has 0 aromatic heterocycles. The van der Waals surface area contributed by atoms with Gasteiger partial charge in [-0.15, -0.1) is 0 Å². The van der Waals surface area contributed by atoms with Crippen LogP contribution in [-0.2, 0) is 27.6 Å². The summed E-state index contributed by atoms with van der Waals surface area (Å²) in [6.45, 7) is 13.6. The second-order valence-electron chi connectivity index (χ2n) is 10.3. The fraction of sp³-hybridized carbons (Fsp3) is 0.538. The van der Waals surface area contributed by atoms with Crippen LogP contribution in [-0.4, -0.2) is 6.61 Å². The van der Waals surface area contributed by atoms with E-state index >= 15 is 0 Å². The van der Waals surface area contributed by atoms with Crippen molar-refractivity contribution in [1.29, 1.82) is 0 Å². The maximum absolute atomic E-state index is 6.05. The Bertz CT molecular complexity index is 817. The molecule has 1 nitrogen and oxygen atoms in total. The van der Waals surface area contributed by atoms with E-state index in [1.807, 2.05) is 0 Å². The second-order valence-corrected chi connectivity index (χ2v) is 10.3. The van der Waals surface area contributed by atoms with Crippen LogP contribution in [0, 0.1) is 5.92 Å². The number of hydrogen-bond donors (Lipinski definition) is 0. The molecular weight excluding hydrogens is 328 g/mol. The fourth-order valence-electron chi connectivity index (χ4n) is 4.89. The van der Waals surface area contributed by atoms with Crippen LogP contribution >= 0.6 is 0 Å². The van der Waals surface area contributed by atoms with Crippen molar-refractivity contribution in [1.82, 2.24) is 0 Å². The van der Waals surface area contributed by atoms with Crippen molar-refractivity contribution in [3.8, 4) is 0 Å². The van der Waals surface area contributed by atoms with Gasteiger partial charge >= 0.3 is 0 Å². The Morgan fingerprint density at radius 2 is 1.52 bits per heavy atom. The molecule has 1 fully saturated rings. The van der Waals surface area contributed by atoms with Crippen molar-refractivity contribution in [2.75, 3.05) is 6.61 Å². The van der Waals surface area contributed by atoms with E-state index in [1.54, 1.807) is 11.1 Å². The summed E-state index contributed by atoms with van der Waals surface area (Å²) in [5.74, 6) is 0.638. The molecule has 1 saturated carbocycles. The molecule has 0 amide bonds. The lowest BCUT2D eigenvalue weighted by atomic mass is 9.62. The van der Waals surface area contributed by atoms with Gasteiger partial charge in [-0.1, -0.05) is 83.1 Å². The van der Waals surface area contributed by atoms with Gasteiger partial charge in [0.1, 0.15) is 0 Å². The lowest BCUT2D eigenvalue weighted by Crippen LogP contribution is -2.34. The number of hydrogen-bond acceptors (Lipinski definition) is 1. The predicted octanol–water partition coefficient (Wildman–Crippen LogP) is 6.53. The van der Waals surface area contributed by atoms with Gasteiger partial charge in [0.25, 0.3) is 0 Å². The van der Waals surface area contributed by atoms with Crippen molar-refractivity contribution in [3.63, 3.8) is 0 Å². The molecule has 1 heteroatoms. The zero-order valence-electron chi connectivity index (χ0n) is 17.6. The summed E-state index contributed by atoms with van der Waals surface area (Å²) >= 11 is 0. The van der Waals surface area contributed by atoms with Gasteiger partial charge in [0, 0.05) is 0 Å². The van der Waals surface area contributed by atoms with Crippen molar-refractivity contribution in [2.24, 2.45) is 5.92 Å². The van der Waals surface area contributed by atoms with Crippen LogP contribution in [0.3, 0.4) is 0 Å². The van der Waals surface area contributed by atoms with Crippen LogP contribution in [0.2, 0.25) is 0 Å². The molecule has 0 heterocycles. The van der Waals surface area contributed by atoms with E-state index in [0.717, 1.165) is 13.2 Å². The fourth-order valence-corrected chi connectivity index (χ4v) is 4.89. The minimum absolute atomic E-state index is 0.281. The summed E-state index contributed by atoms with van der Waals surface area (Å²) in [4.78, 5) is 0. The third-order valence-electron chi connectivity index (χ3n) is 7.35. The maximum Gasteiger partial charge on any atom is 0.0717 e. The van der Waals surface area contributed by atoms with Gasteiger partial charge < -0.3 is 4.74 Å². The lowest BCUT2D eigenvalue weighted by Gasteiger charge is -2.42. The molecule has 4 rings (SSSR count). The first kappa shape index (κ1) is 18.7. The Kier molecular flexibility index (Phi) is 4.50. The Morgan fingerprint density at radius 1 is 0.852 bits per heavy atom. The SMILES string of the molecule is CC1(C)CCC(C)(C)c2cc(C3(C)C[C@@H]3COCc3ccccc3)ccc21. The largest absolute Gasteiger partial charge is 0.376 e. The van der Waals surface area contributed by atoms with Crippen LogP contribution in [0.25, 0.3) is 0 Å². The van der Waals surface area contributed by atoms with E-state index in [9.17, 15) is 0 Å². The Balaban J connectivity index is 1.48. The van der Waals surface area contributed by atoms with E-state index in [4.69, 9.17) is 4.74 Å². The first-order chi connectivity index (χ1) is 12.7. The molecule has 2 aliphatic carbocycles. The third kappa shape index (κ3) is 3.47. The van der Waals surface area contributed by atoms with Crippen molar-refractivity contribution < 1.29 is 4.74 Å². The maximum atomic E-state index is 6.05. The second kappa shape index (κ2) is 6.48. The minimum atomic E-state index is 0.281. The molecule has 2 atom stereocenters. The van der Waals surface area contributed by atoms with Crippen LogP contribution in [0.5, 0.6) is 0 Å². The van der Waals surface area contributed by atoms with Crippen LogP contribution in [0.15, 0.2) is 48.5 Å². The van der Waals surface area contributed by atoms with Crippen molar-refractivity contribution >= 4 is 0 Å². The molecule has 1 unspecified atom stereocenters. The number of fused-ring (bicyclic) bond motifs is 1. The van der Waals surface area contributed by atoms with Gasteiger partial charge in [0.15, 0.2) is 0 Å². The van der Waals surface area contributed by atoms with Crippen LogP contribution < -0.4 is 0 Å². The summed E-state index contributed by atoms with van der Waals surface area (Å²) < 4.78 is 6.05. The van der Waals surface area contributed by atoms with E-state index in [2.05, 4.69) is 83.1 Å². The number of rotatable bonds is 5. The molecule has 2 aliphatic rings. The quantitative estimate of drug-likeness (QED) is 0.587. The van der Waals surface area contributed by atoms with Gasteiger partial charge in [0.05, 0.1) is 13.2 Å². The molecule has 0 saturated heterocycles. The third-order valence-corrected chi connectivity index (χ3v) is 7.35. The molecule has 0 spiro atoms. The van der Waals surface area contributed by atoms with Crippen LogP contribution in [0.1, 0.15) is 76.1 Å². The zero-order chi connectivity index (χ0) is 19.3. The molecule has 0 radical (unpaired) electrons. The normalized spacial score (nSPS) is 27.8. The predicted molar refractivity (Wildman–Crippen MR) is 113 cm³/mol. The van der Waals surface area contributed by atoms with E-state index in [0.29, 0.717) is 11.3 Å². The smallest absolute Gasteiger partial charge is 0.0717 e. The molecule has 0 bridgehead atoms. The number of ether oxygens (including phenoxy) is 1. The average molecular weight is 363 g/mol. The summed E-state index contributed by atoms with van der Waals surface area (Å²) in [5, 5.41) is 0. The molecule has 144 valence electrons. The van der Waals surface area contributed by atoms with E-state index in [1.165, 1.54) is 30.4 Å².